The van der Waals surface area contributed by atoms with E-state index in [1.165, 1.54) is 38.1 Å². The number of aliphatic hydroxyl groups excluding tert-OH is 1. The fourth-order valence-electron chi connectivity index (χ4n) is 2.17. The van der Waals surface area contributed by atoms with Crippen molar-refractivity contribution in [1.82, 2.24) is 5.32 Å². The lowest BCUT2D eigenvalue weighted by atomic mass is 9.95. The topological polar surface area (TPSA) is 104 Å². The number of carboxylic acid groups (broad SMARTS) is 1. The van der Waals surface area contributed by atoms with Crippen LogP contribution in [-0.4, -0.2) is 39.5 Å². The highest BCUT2D eigenvalue weighted by Crippen LogP contribution is 2.14. The van der Waals surface area contributed by atoms with Crippen molar-refractivity contribution >= 4 is 17.7 Å². The molecule has 2 rings (SSSR count). The molecule has 2 aromatic carbocycles. The van der Waals surface area contributed by atoms with Crippen molar-refractivity contribution in [3.63, 3.8) is 0 Å². The summed E-state index contributed by atoms with van der Waals surface area (Å²) in [6.07, 6.45) is -1.28. The zero-order chi connectivity index (χ0) is 18.6. The second kappa shape index (κ2) is 7.27. The molecule has 3 N–H and O–H groups in total. The van der Waals surface area contributed by atoms with Gasteiger partial charge in [-0.15, -0.1) is 0 Å². The van der Waals surface area contributed by atoms with Crippen LogP contribution in [0, 0.1) is 0 Å². The molecule has 0 aliphatic carbocycles. The number of amides is 1. The molecule has 0 bridgehead atoms. The van der Waals surface area contributed by atoms with E-state index in [2.05, 4.69) is 5.32 Å². The number of carboxylic acids is 1. The zero-order valence-electron chi connectivity index (χ0n) is 13.9. The number of aliphatic hydroxyl groups is 1. The van der Waals surface area contributed by atoms with Gasteiger partial charge in [0.1, 0.15) is 0 Å². The number of hydrogen-bond acceptors (Lipinski definition) is 4. The molecule has 0 aromatic heterocycles. The fraction of sp³-hybridized carbons (Fsp3) is 0.211. The highest BCUT2D eigenvalue weighted by atomic mass is 16.4. The molecule has 0 unspecified atom stereocenters. The summed E-state index contributed by atoms with van der Waals surface area (Å²) in [5.74, 6) is -2.16. The van der Waals surface area contributed by atoms with Crippen LogP contribution in [0.25, 0.3) is 0 Å². The van der Waals surface area contributed by atoms with Gasteiger partial charge in [-0.3, -0.25) is 9.59 Å². The molecule has 0 saturated carbocycles. The van der Waals surface area contributed by atoms with Crippen molar-refractivity contribution in [2.45, 2.75) is 25.5 Å². The van der Waals surface area contributed by atoms with Gasteiger partial charge in [0, 0.05) is 16.7 Å². The van der Waals surface area contributed by atoms with Crippen molar-refractivity contribution < 1.29 is 24.6 Å². The van der Waals surface area contributed by atoms with Crippen molar-refractivity contribution in [2.75, 3.05) is 0 Å². The van der Waals surface area contributed by atoms with E-state index in [1.54, 1.807) is 24.3 Å². The Hall–Kier alpha value is -2.99. The molecule has 6 nitrogen and oxygen atoms in total. The Morgan fingerprint density at radius 1 is 0.920 bits per heavy atom. The molecule has 0 aliphatic rings. The van der Waals surface area contributed by atoms with Gasteiger partial charge in [-0.25, -0.2) is 4.79 Å². The highest BCUT2D eigenvalue weighted by molar-refractivity contribution is 6.09. The summed E-state index contributed by atoms with van der Waals surface area (Å²) < 4.78 is 0. The first kappa shape index (κ1) is 18.4. The number of nitrogens with one attached hydrogen (secondary N) is 1. The molecule has 0 saturated heterocycles. The lowest BCUT2D eigenvalue weighted by Gasteiger charge is -2.29. The molecule has 0 heterocycles. The molecule has 0 spiro atoms. The predicted molar refractivity (Wildman–Crippen MR) is 91.5 cm³/mol. The second-order valence-electron chi connectivity index (χ2n) is 5.91. The minimum absolute atomic E-state index is 0.174. The van der Waals surface area contributed by atoms with E-state index in [0.717, 1.165) is 0 Å². The lowest BCUT2D eigenvalue weighted by Crippen LogP contribution is -2.59. The van der Waals surface area contributed by atoms with Gasteiger partial charge in [0.2, 0.25) is 0 Å². The minimum Gasteiger partial charge on any atom is -0.479 e. The molecule has 0 fully saturated rings. The van der Waals surface area contributed by atoms with E-state index in [1.807, 2.05) is 6.07 Å². The molecule has 25 heavy (non-hydrogen) atoms. The Morgan fingerprint density at radius 3 is 1.88 bits per heavy atom. The van der Waals surface area contributed by atoms with Crippen molar-refractivity contribution in [1.29, 1.82) is 0 Å². The number of aliphatic carboxylic acids is 1. The average molecular weight is 341 g/mol. The molecular weight excluding hydrogens is 322 g/mol. The third-order valence-corrected chi connectivity index (χ3v) is 4.10. The summed E-state index contributed by atoms with van der Waals surface area (Å²) in [4.78, 5) is 35.9. The first-order valence-electron chi connectivity index (χ1n) is 7.69. The van der Waals surface area contributed by atoms with Gasteiger partial charge in [-0.1, -0.05) is 42.5 Å². The van der Waals surface area contributed by atoms with E-state index >= 15 is 0 Å². The van der Waals surface area contributed by atoms with Gasteiger partial charge in [-0.2, -0.15) is 0 Å². The van der Waals surface area contributed by atoms with Crippen LogP contribution < -0.4 is 5.32 Å². The molecule has 0 aliphatic heterocycles. The van der Waals surface area contributed by atoms with Gasteiger partial charge in [0.25, 0.3) is 5.91 Å². The number of hydrogen-bond donors (Lipinski definition) is 3. The summed E-state index contributed by atoms with van der Waals surface area (Å²) >= 11 is 0. The van der Waals surface area contributed by atoms with Crippen molar-refractivity contribution in [3.8, 4) is 0 Å². The largest absolute Gasteiger partial charge is 0.479 e. The van der Waals surface area contributed by atoms with E-state index in [4.69, 9.17) is 0 Å². The maximum atomic E-state index is 12.3. The Labute approximate surface area is 145 Å². The SMILES string of the molecule is C[C@@H](O)[C@](C)(NC(=O)c1ccc(C(=O)c2ccccc2)cc1)C(=O)O. The Kier molecular flexibility index (Phi) is 5.34. The van der Waals surface area contributed by atoms with Crippen LogP contribution in [0.15, 0.2) is 54.6 Å². The number of ketones is 1. The Balaban J connectivity index is 2.18. The zero-order valence-corrected chi connectivity index (χ0v) is 13.9. The van der Waals surface area contributed by atoms with Crippen LogP contribution in [-0.2, 0) is 4.79 Å². The standard InChI is InChI=1S/C19H19NO5/c1-12(21)19(2,18(24)25)20-17(23)15-10-8-14(9-11-15)16(22)13-6-4-3-5-7-13/h3-12,21H,1-2H3,(H,20,23)(H,24,25)/t12-,19+/m1/s1. The summed E-state index contributed by atoms with van der Waals surface area (Å²) in [6, 6.07) is 14.6. The van der Waals surface area contributed by atoms with E-state index in [9.17, 15) is 24.6 Å². The molecule has 2 aromatic rings. The van der Waals surface area contributed by atoms with Crippen LogP contribution in [0.1, 0.15) is 40.1 Å². The molecule has 130 valence electrons. The average Bonchev–Trinajstić information content (AvgIpc) is 2.61. The number of carbonyl (C=O) groups is 3. The predicted octanol–water partition coefficient (Wildman–Crippen LogP) is 1.87. The third-order valence-electron chi connectivity index (χ3n) is 4.10. The quantitative estimate of drug-likeness (QED) is 0.696. The maximum absolute atomic E-state index is 12.3. The normalized spacial score (nSPS) is 14.2. The summed E-state index contributed by atoms with van der Waals surface area (Å²) in [5.41, 5.74) is -0.667. The summed E-state index contributed by atoms with van der Waals surface area (Å²) in [7, 11) is 0. The molecular formula is C19H19NO5. The Bertz CT molecular complexity index is 783. The minimum atomic E-state index is -1.81. The van der Waals surface area contributed by atoms with Crippen LogP contribution in [0.5, 0.6) is 0 Å². The monoisotopic (exact) mass is 341 g/mol. The van der Waals surface area contributed by atoms with E-state index < -0.39 is 23.5 Å². The van der Waals surface area contributed by atoms with Crippen molar-refractivity contribution in [2.24, 2.45) is 0 Å². The molecule has 0 radical (unpaired) electrons. The second-order valence-corrected chi connectivity index (χ2v) is 5.91. The van der Waals surface area contributed by atoms with Crippen LogP contribution >= 0.6 is 0 Å². The number of rotatable bonds is 6. The fourth-order valence-corrected chi connectivity index (χ4v) is 2.17. The maximum Gasteiger partial charge on any atom is 0.331 e. The Morgan fingerprint density at radius 2 is 1.40 bits per heavy atom. The van der Waals surface area contributed by atoms with Crippen LogP contribution in [0.3, 0.4) is 0 Å². The lowest BCUT2D eigenvalue weighted by molar-refractivity contribution is -0.148. The van der Waals surface area contributed by atoms with Crippen LogP contribution in [0.4, 0.5) is 0 Å². The van der Waals surface area contributed by atoms with E-state index in [-0.39, 0.29) is 11.3 Å². The molecule has 2 atom stereocenters. The van der Waals surface area contributed by atoms with Gasteiger partial charge < -0.3 is 15.5 Å². The van der Waals surface area contributed by atoms with Gasteiger partial charge in [0.05, 0.1) is 6.10 Å². The number of benzene rings is 2. The molecule has 6 heteroatoms. The smallest absolute Gasteiger partial charge is 0.331 e. The van der Waals surface area contributed by atoms with Gasteiger partial charge in [0.15, 0.2) is 11.3 Å². The van der Waals surface area contributed by atoms with Crippen molar-refractivity contribution in [3.05, 3.63) is 71.3 Å². The summed E-state index contributed by atoms with van der Waals surface area (Å²) in [5, 5.41) is 21.2. The molecule has 1 amide bonds. The van der Waals surface area contributed by atoms with Gasteiger partial charge in [-0.05, 0) is 26.0 Å². The first-order valence-corrected chi connectivity index (χ1v) is 7.69. The van der Waals surface area contributed by atoms with Crippen LogP contribution in [0.2, 0.25) is 0 Å². The third kappa shape index (κ3) is 3.92. The highest BCUT2D eigenvalue weighted by Gasteiger charge is 2.40. The van der Waals surface area contributed by atoms with Gasteiger partial charge >= 0.3 is 5.97 Å². The number of carbonyl (C=O) groups excluding carboxylic acids is 2. The first-order chi connectivity index (χ1) is 11.8. The summed E-state index contributed by atoms with van der Waals surface area (Å²) in [6.45, 7) is 2.52. The van der Waals surface area contributed by atoms with E-state index in [0.29, 0.717) is 11.1 Å².